The van der Waals surface area contributed by atoms with Crippen LogP contribution in [0.15, 0.2) is 24.3 Å². The van der Waals surface area contributed by atoms with Gasteiger partial charge in [-0.3, -0.25) is 9.59 Å². The molecule has 0 spiro atoms. The van der Waals surface area contributed by atoms with Gasteiger partial charge < -0.3 is 10.6 Å². The van der Waals surface area contributed by atoms with Gasteiger partial charge in [-0.25, -0.2) is 4.39 Å². The molecule has 2 amide bonds. The second-order valence-corrected chi connectivity index (χ2v) is 4.56. The monoisotopic (exact) mass is 265 g/mol. The summed E-state index contributed by atoms with van der Waals surface area (Å²) in [5, 5.41) is 4.93. The fourth-order valence-corrected chi connectivity index (χ4v) is 1.36. The zero-order valence-electron chi connectivity index (χ0n) is 11.1. The fraction of sp³-hybridized carbons (Fsp3) is 0.357. The molecule has 0 saturated heterocycles. The van der Waals surface area contributed by atoms with E-state index in [4.69, 9.17) is 0 Å². The highest BCUT2D eigenvalue weighted by molar-refractivity contribution is 5.96. The largest absolute Gasteiger partial charge is 0.350 e. The van der Waals surface area contributed by atoms with Crippen LogP contribution in [-0.4, -0.2) is 18.4 Å². The predicted molar refractivity (Wildman–Crippen MR) is 70.6 cm³/mol. The summed E-state index contributed by atoms with van der Waals surface area (Å²) in [6.07, 6.45) is 0.757. The van der Waals surface area contributed by atoms with Gasteiger partial charge in [0.2, 0.25) is 5.91 Å². The number of rotatable bonds is 6. The first-order valence-corrected chi connectivity index (χ1v) is 6.14. The number of nitrogens with one attached hydrogen (secondary N) is 2. The second kappa shape index (κ2) is 7.51. The summed E-state index contributed by atoms with van der Waals surface area (Å²) in [7, 11) is 0. The first-order valence-electron chi connectivity index (χ1n) is 6.14. The van der Waals surface area contributed by atoms with E-state index in [2.05, 4.69) is 10.6 Å². The lowest BCUT2D eigenvalue weighted by atomic mass is 10.1. The number of carbonyl (C=O) groups excluding carboxylic acids is 2. The molecule has 0 aromatic heterocycles. The van der Waals surface area contributed by atoms with Crippen molar-refractivity contribution in [2.45, 2.75) is 20.3 Å². The van der Waals surface area contributed by atoms with Crippen molar-refractivity contribution in [1.82, 2.24) is 10.6 Å². The summed E-state index contributed by atoms with van der Waals surface area (Å²) in [5.74, 6) is -1.08. The van der Waals surface area contributed by atoms with Crippen LogP contribution >= 0.6 is 0 Å². The zero-order chi connectivity index (χ0) is 14.3. The summed E-state index contributed by atoms with van der Waals surface area (Å²) in [6, 6.07) is 5.63. The Hall–Kier alpha value is -1.91. The van der Waals surface area contributed by atoms with Crippen LogP contribution in [0.1, 0.15) is 30.6 Å². The third-order valence-corrected chi connectivity index (χ3v) is 2.38. The first-order chi connectivity index (χ1) is 9.00. The molecular weight excluding hydrogens is 247 g/mol. The van der Waals surface area contributed by atoms with E-state index in [9.17, 15) is 14.0 Å². The molecule has 1 rings (SSSR count). The van der Waals surface area contributed by atoms with E-state index in [1.165, 1.54) is 18.2 Å². The van der Waals surface area contributed by atoms with E-state index in [0.29, 0.717) is 5.92 Å². The first kappa shape index (κ1) is 15.1. The van der Waals surface area contributed by atoms with E-state index in [1.807, 2.05) is 13.8 Å². The Kier molecular flexibility index (Phi) is 5.99. The summed E-state index contributed by atoms with van der Waals surface area (Å²) >= 11 is 0. The van der Waals surface area contributed by atoms with Gasteiger partial charge in [0.05, 0.1) is 12.1 Å². The van der Waals surface area contributed by atoms with Crippen molar-refractivity contribution < 1.29 is 14.0 Å². The third-order valence-electron chi connectivity index (χ3n) is 2.38. The van der Waals surface area contributed by atoms with Crippen LogP contribution in [0.2, 0.25) is 0 Å². The highest BCUT2D eigenvalue weighted by Gasteiger charge is 2.11. The Morgan fingerprint density at radius 2 is 2.00 bits per heavy atom. The quantitative estimate of drug-likeness (QED) is 0.825. The molecule has 0 unspecified atom stereocenters. The van der Waals surface area contributed by atoms with Crippen LogP contribution in [-0.2, 0) is 4.79 Å². The van der Waals surface area contributed by atoms with E-state index in [0.717, 1.165) is 6.42 Å². The molecule has 0 saturated carbocycles. The van der Waals surface area contributed by atoms with E-state index < -0.39 is 11.7 Å². The van der Waals surface area contributed by atoms with Crippen LogP contribution in [0.25, 0.3) is 0 Å². The van der Waals surface area contributed by atoms with Crippen molar-refractivity contribution in [2.75, 3.05) is 6.54 Å². The molecular formula is C14H18FN2O2. The fourth-order valence-electron chi connectivity index (χ4n) is 1.36. The van der Waals surface area contributed by atoms with Crippen molar-refractivity contribution in [3.63, 3.8) is 0 Å². The number of hydrogen-bond acceptors (Lipinski definition) is 2. The maximum Gasteiger partial charge on any atom is 0.254 e. The van der Waals surface area contributed by atoms with Crippen molar-refractivity contribution in [3.8, 4) is 0 Å². The number of hydrogen-bond donors (Lipinski definition) is 2. The van der Waals surface area contributed by atoms with Crippen LogP contribution in [0.5, 0.6) is 0 Å². The van der Waals surface area contributed by atoms with Gasteiger partial charge in [-0.1, -0.05) is 26.0 Å². The van der Waals surface area contributed by atoms with E-state index in [-0.39, 0.29) is 18.0 Å². The Morgan fingerprint density at radius 1 is 1.32 bits per heavy atom. The molecule has 0 heterocycles. The molecule has 0 aliphatic heterocycles. The molecule has 1 radical (unpaired) electrons. The van der Waals surface area contributed by atoms with Crippen molar-refractivity contribution >= 4 is 11.8 Å². The summed E-state index contributed by atoms with van der Waals surface area (Å²) < 4.78 is 13.3. The standard InChI is InChI=1S/C14H18FN2O2/c1-10(2)7-8-16-13(18)9-17-14(19)11-5-3-4-6-12(11)15/h3-6,8,10H,7,9H2,1-2H3,(H,16,18)(H,17,19). The Balaban J connectivity index is 2.34. The van der Waals surface area contributed by atoms with Gasteiger partial charge in [-0.05, 0) is 24.5 Å². The Morgan fingerprint density at radius 3 is 2.63 bits per heavy atom. The third kappa shape index (κ3) is 5.50. The van der Waals surface area contributed by atoms with Crippen molar-refractivity contribution in [3.05, 3.63) is 42.2 Å². The lowest BCUT2D eigenvalue weighted by Crippen LogP contribution is -2.36. The average Bonchev–Trinajstić information content (AvgIpc) is 2.36. The zero-order valence-corrected chi connectivity index (χ0v) is 11.1. The summed E-state index contributed by atoms with van der Waals surface area (Å²) in [4.78, 5) is 23.0. The van der Waals surface area contributed by atoms with E-state index >= 15 is 0 Å². The normalized spacial score (nSPS) is 10.3. The maximum atomic E-state index is 13.3. The SMILES string of the molecule is CC(C)C[CH]NC(=O)CNC(=O)c1ccccc1F. The molecule has 0 fully saturated rings. The highest BCUT2D eigenvalue weighted by atomic mass is 19.1. The van der Waals surface area contributed by atoms with Crippen molar-refractivity contribution in [2.24, 2.45) is 5.92 Å². The summed E-state index contributed by atoms with van der Waals surface area (Å²) in [5.41, 5.74) is -0.0681. The molecule has 0 aliphatic rings. The number of halogens is 1. The number of amides is 2. The minimum absolute atomic E-state index is 0.0681. The molecule has 0 atom stereocenters. The van der Waals surface area contributed by atoms with Crippen LogP contribution in [0.3, 0.4) is 0 Å². The van der Waals surface area contributed by atoms with Crippen LogP contribution < -0.4 is 10.6 Å². The average molecular weight is 265 g/mol. The lowest BCUT2D eigenvalue weighted by molar-refractivity contribution is -0.119. The number of benzene rings is 1. The van der Waals surface area contributed by atoms with Gasteiger partial charge in [0.15, 0.2) is 0 Å². The van der Waals surface area contributed by atoms with Gasteiger partial charge in [-0.15, -0.1) is 0 Å². The second-order valence-electron chi connectivity index (χ2n) is 4.56. The molecule has 4 nitrogen and oxygen atoms in total. The van der Waals surface area contributed by atoms with Crippen LogP contribution in [0.4, 0.5) is 4.39 Å². The molecule has 5 heteroatoms. The lowest BCUT2D eigenvalue weighted by Gasteiger charge is -2.08. The Labute approximate surface area is 112 Å². The van der Waals surface area contributed by atoms with Crippen molar-refractivity contribution in [1.29, 1.82) is 0 Å². The molecule has 2 N–H and O–H groups in total. The Bertz CT molecular complexity index is 447. The van der Waals surface area contributed by atoms with Gasteiger partial charge >= 0.3 is 0 Å². The molecule has 0 aliphatic carbocycles. The number of carbonyl (C=O) groups is 2. The molecule has 103 valence electrons. The predicted octanol–water partition coefficient (Wildman–Crippen LogP) is 1.88. The van der Waals surface area contributed by atoms with Gasteiger partial charge in [0, 0.05) is 6.54 Å². The van der Waals surface area contributed by atoms with Gasteiger partial charge in [0.1, 0.15) is 5.82 Å². The van der Waals surface area contributed by atoms with E-state index in [1.54, 1.807) is 12.6 Å². The molecule has 1 aromatic carbocycles. The minimum atomic E-state index is -0.605. The van der Waals surface area contributed by atoms with Crippen LogP contribution in [0, 0.1) is 18.3 Å². The molecule has 1 aromatic rings. The molecule has 19 heavy (non-hydrogen) atoms. The minimum Gasteiger partial charge on any atom is -0.350 e. The smallest absolute Gasteiger partial charge is 0.254 e. The maximum absolute atomic E-state index is 13.3. The van der Waals surface area contributed by atoms with Gasteiger partial charge in [-0.2, -0.15) is 0 Å². The highest BCUT2D eigenvalue weighted by Crippen LogP contribution is 2.05. The van der Waals surface area contributed by atoms with Gasteiger partial charge in [0.25, 0.3) is 5.91 Å². The topological polar surface area (TPSA) is 58.2 Å². The molecule has 0 bridgehead atoms. The summed E-state index contributed by atoms with van der Waals surface area (Å²) in [6.45, 7) is 5.54.